The Morgan fingerprint density at radius 3 is 2.00 bits per heavy atom. The van der Waals surface area contributed by atoms with E-state index >= 15 is 0 Å². The quantitative estimate of drug-likeness (QED) is 0.535. The van der Waals surface area contributed by atoms with Crippen LogP contribution in [0.1, 0.15) is 86.0 Å². The number of ether oxygens (including phenoxy) is 1. The van der Waals surface area contributed by atoms with E-state index in [0.717, 1.165) is 12.8 Å². The summed E-state index contributed by atoms with van der Waals surface area (Å²) in [5.41, 5.74) is 0. The number of rotatable bonds is 11. The molecule has 1 N–H and O–H groups in total. The van der Waals surface area contributed by atoms with Crippen LogP contribution in [-0.2, 0) is 9.53 Å². The minimum absolute atomic E-state index is 0.442. The van der Waals surface area contributed by atoms with Crippen LogP contribution in [0, 0.1) is 18.8 Å². The third kappa shape index (κ3) is 15.8. The predicted octanol–water partition coefficient (Wildman–Crippen LogP) is 5.16. The highest BCUT2D eigenvalue weighted by molar-refractivity contribution is 5.73. The van der Waals surface area contributed by atoms with Crippen LogP contribution in [0.15, 0.2) is 0 Å². The normalized spacial score (nSPS) is 14.5. The third-order valence-electron chi connectivity index (χ3n) is 3.89. The van der Waals surface area contributed by atoms with Crippen molar-refractivity contribution in [3.05, 3.63) is 6.92 Å². The molecule has 133 valence electrons. The topological polar surface area (TPSA) is 46.5 Å². The summed E-state index contributed by atoms with van der Waals surface area (Å²) < 4.78 is 4.96. The van der Waals surface area contributed by atoms with Crippen LogP contribution in [0.5, 0.6) is 0 Å². The zero-order chi connectivity index (χ0) is 17.4. The average Bonchev–Trinajstić information content (AvgIpc) is 2.52. The van der Waals surface area contributed by atoms with Crippen molar-refractivity contribution in [2.24, 2.45) is 11.8 Å². The molecule has 0 aromatic rings. The highest BCUT2D eigenvalue weighted by atomic mass is 16.5. The summed E-state index contributed by atoms with van der Waals surface area (Å²) in [7, 11) is 0. The standard InChI is InChI=1S/C11H22O3.C8H17/c1-4-6-7-10(5-2)8-14-11(13)9(3)12;1-4-6-7-8(3)5-2/h9-10,12H,4-8H2,1-3H3;8H,3-7H2,1-2H3. The summed E-state index contributed by atoms with van der Waals surface area (Å²) in [4.78, 5) is 11.0. The average molecular weight is 316 g/mol. The first-order chi connectivity index (χ1) is 10.4. The van der Waals surface area contributed by atoms with Gasteiger partial charge in [-0.25, -0.2) is 4.79 Å². The molecule has 0 spiro atoms. The van der Waals surface area contributed by atoms with Gasteiger partial charge in [0.1, 0.15) is 6.10 Å². The van der Waals surface area contributed by atoms with Crippen LogP contribution in [0.2, 0.25) is 0 Å². The molecule has 1 radical (unpaired) electrons. The second kappa shape index (κ2) is 16.8. The number of aliphatic hydroxyl groups is 1. The fourth-order valence-electron chi connectivity index (χ4n) is 1.92. The first-order valence-corrected chi connectivity index (χ1v) is 9.10. The Labute approximate surface area is 138 Å². The van der Waals surface area contributed by atoms with Gasteiger partial charge in [0.2, 0.25) is 0 Å². The van der Waals surface area contributed by atoms with Crippen LogP contribution in [0.25, 0.3) is 0 Å². The van der Waals surface area contributed by atoms with Gasteiger partial charge in [0.05, 0.1) is 6.61 Å². The van der Waals surface area contributed by atoms with Crippen molar-refractivity contribution in [3.63, 3.8) is 0 Å². The molecule has 0 rings (SSSR count). The Kier molecular flexibility index (Phi) is 18.1. The lowest BCUT2D eigenvalue weighted by atomic mass is 10.0. The molecule has 0 saturated heterocycles. The molecule has 0 aromatic carbocycles. The molecule has 0 aliphatic heterocycles. The van der Waals surface area contributed by atoms with E-state index in [9.17, 15) is 4.79 Å². The highest BCUT2D eigenvalue weighted by Crippen LogP contribution is 2.13. The molecule has 0 aromatic heterocycles. The van der Waals surface area contributed by atoms with E-state index in [0.29, 0.717) is 18.4 Å². The lowest BCUT2D eigenvalue weighted by Gasteiger charge is -2.15. The van der Waals surface area contributed by atoms with E-state index in [-0.39, 0.29) is 0 Å². The number of esters is 1. The second-order valence-electron chi connectivity index (χ2n) is 6.14. The molecular weight excluding hydrogens is 276 g/mol. The molecule has 0 bridgehead atoms. The first kappa shape index (κ1) is 23.7. The number of carbonyl (C=O) groups is 1. The number of unbranched alkanes of at least 4 members (excludes halogenated alkanes) is 2. The van der Waals surface area contributed by atoms with Gasteiger partial charge in [0, 0.05) is 0 Å². The van der Waals surface area contributed by atoms with Crippen molar-refractivity contribution < 1.29 is 14.6 Å². The number of hydrogen-bond acceptors (Lipinski definition) is 3. The first-order valence-electron chi connectivity index (χ1n) is 9.10. The Morgan fingerprint density at radius 1 is 1.05 bits per heavy atom. The van der Waals surface area contributed by atoms with Crippen molar-refractivity contribution in [1.82, 2.24) is 0 Å². The fourth-order valence-corrected chi connectivity index (χ4v) is 1.92. The Morgan fingerprint density at radius 2 is 1.59 bits per heavy atom. The zero-order valence-corrected chi connectivity index (χ0v) is 15.6. The van der Waals surface area contributed by atoms with Gasteiger partial charge in [0.25, 0.3) is 0 Å². The summed E-state index contributed by atoms with van der Waals surface area (Å²) in [5.74, 6) is 0.632. The highest BCUT2D eigenvalue weighted by Gasteiger charge is 2.13. The molecular formula is C19H39O3. The lowest BCUT2D eigenvalue weighted by molar-refractivity contribution is -0.154. The van der Waals surface area contributed by atoms with Gasteiger partial charge in [-0.1, -0.05) is 79.6 Å². The van der Waals surface area contributed by atoms with Gasteiger partial charge >= 0.3 is 5.97 Å². The number of carbonyl (C=O) groups excluding carboxylic acids is 1. The minimum atomic E-state index is -1.00. The van der Waals surface area contributed by atoms with Gasteiger partial charge in [-0.3, -0.25) is 0 Å². The van der Waals surface area contributed by atoms with Gasteiger partial charge in [-0.15, -0.1) is 0 Å². The molecule has 0 aliphatic rings. The summed E-state index contributed by atoms with van der Waals surface area (Å²) in [5, 5.41) is 8.91. The molecule has 0 heterocycles. The van der Waals surface area contributed by atoms with Crippen molar-refractivity contribution in [2.75, 3.05) is 6.61 Å². The largest absolute Gasteiger partial charge is 0.463 e. The maximum Gasteiger partial charge on any atom is 0.334 e. The molecule has 0 saturated carbocycles. The molecule has 3 nitrogen and oxygen atoms in total. The van der Waals surface area contributed by atoms with E-state index < -0.39 is 12.1 Å². The van der Waals surface area contributed by atoms with Crippen molar-refractivity contribution in [3.8, 4) is 0 Å². The molecule has 0 aliphatic carbocycles. The summed E-state index contributed by atoms with van der Waals surface area (Å²) in [6, 6.07) is 0. The molecule has 3 atom stereocenters. The summed E-state index contributed by atoms with van der Waals surface area (Å²) in [6.07, 6.45) is 8.67. The Bertz CT molecular complexity index is 239. The maximum absolute atomic E-state index is 11.0. The van der Waals surface area contributed by atoms with Gasteiger partial charge in [-0.05, 0) is 25.2 Å². The minimum Gasteiger partial charge on any atom is -0.463 e. The zero-order valence-electron chi connectivity index (χ0n) is 15.6. The monoisotopic (exact) mass is 315 g/mol. The number of hydrogen-bond donors (Lipinski definition) is 1. The van der Waals surface area contributed by atoms with E-state index in [1.807, 2.05) is 0 Å². The lowest BCUT2D eigenvalue weighted by Crippen LogP contribution is -2.22. The SMILES string of the molecule is CCCCC(CC)COC(=O)C(C)O.[CH2]C(CC)CCCC. The van der Waals surface area contributed by atoms with Gasteiger partial charge in [-0.2, -0.15) is 0 Å². The van der Waals surface area contributed by atoms with Crippen LogP contribution in [0.4, 0.5) is 0 Å². The molecule has 0 fully saturated rings. The fraction of sp³-hybridized carbons (Fsp3) is 0.895. The molecule has 3 unspecified atom stereocenters. The van der Waals surface area contributed by atoms with E-state index in [4.69, 9.17) is 9.84 Å². The maximum atomic E-state index is 11.0. The van der Waals surface area contributed by atoms with Crippen LogP contribution in [-0.4, -0.2) is 23.8 Å². The van der Waals surface area contributed by atoms with Crippen LogP contribution in [0.3, 0.4) is 0 Å². The van der Waals surface area contributed by atoms with E-state index in [2.05, 4.69) is 34.6 Å². The second-order valence-corrected chi connectivity index (χ2v) is 6.14. The van der Waals surface area contributed by atoms with Crippen molar-refractivity contribution in [1.29, 1.82) is 0 Å². The Balaban J connectivity index is 0. The summed E-state index contributed by atoms with van der Waals surface area (Å²) in [6.45, 7) is 14.5. The molecule has 3 heteroatoms. The number of aliphatic hydroxyl groups excluding tert-OH is 1. The summed E-state index contributed by atoms with van der Waals surface area (Å²) >= 11 is 0. The smallest absolute Gasteiger partial charge is 0.334 e. The van der Waals surface area contributed by atoms with Gasteiger partial charge in [0.15, 0.2) is 0 Å². The van der Waals surface area contributed by atoms with Crippen LogP contribution >= 0.6 is 0 Å². The third-order valence-corrected chi connectivity index (χ3v) is 3.89. The van der Waals surface area contributed by atoms with E-state index in [1.165, 1.54) is 45.4 Å². The predicted molar refractivity (Wildman–Crippen MR) is 94.6 cm³/mol. The van der Waals surface area contributed by atoms with E-state index in [1.54, 1.807) is 0 Å². The molecule has 0 amide bonds. The Hall–Kier alpha value is -0.570. The van der Waals surface area contributed by atoms with Crippen molar-refractivity contribution in [2.45, 2.75) is 92.1 Å². The van der Waals surface area contributed by atoms with Gasteiger partial charge < -0.3 is 9.84 Å². The molecule has 22 heavy (non-hydrogen) atoms. The van der Waals surface area contributed by atoms with Crippen molar-refractivity contribution >= 4 is 5.97 Å². The van der Waals surface area contributed by atoms with Crippen LogP contribution < -0.4 is 0 Å².